The summed E-state index contributed by atoms with van der Waals surface area (Å²) in [5.74, 6) is 0. The first-order valence-electron chi connectivity index (χ1n) is 8.97. The van der Waals surface area contributed by atoms with Crippen LogP contribution in [0.15, 0.2) is 47.1 Å². The number of non-ortho nitro benzene ring substituents is 1. The van der Waals surface area contributed by atoms with Crippen LogP contribution >= 0.6 is 15.9 Å². The molecular weight excluding hydrogens is 410 g/mol. The molecule has 1 aliphatic rings. The van der Waals surface area contributed by atoms with Crippen LogP contribution in [-0.2, 0) is 6.54 Å². The van der Waals surface area contributed by atoms with Crippen molar-refractivity contribution in [2.24, 2.45) is 0 Å². The summed E-state index contributed by atoms with van der Waals surface area (Å²) in [7, 11) is 0. The van der Waals surface area contributed by atoms with Gasteiger partial charge in [-0.1, -0.05) is 12.1 Å². The molecule has 0 atom stereocenters. The van der Waals surface area contributed by atoms with Crippen LogP contribution in [0.25, 0.3) is 16.9 Å². The van der Waals surface area contributed by atoms with E-state index >= 15 is 0 Å². The van der Waals surface area contributed by atoms with Crippen molar-refractivity contribution in [2.75, 3.05) is 26.2 Å². The van der Waals surface area contributed by atoms with E-state index in [1.807, 2.05) is 24.4 Å². The first-order valence-corrected chi connectivity index (χ1v) is 9.76. The molecule has 1 N–H and O–H groups in total. The third kappa shape index (κ3) is 3.73. The maximum Gasteiger partial charge on any atom is 0.270 e. The van der Waals surface area contributed by atoms with Crippen LogP contribution in [-0.4, -0.2) is 45.4 Å². The number of nitro groups is 1. The van der Waals surface area contributed by atoms with Crippen molar-refractivity contribution in [3.8, 4) is 11.3 Å². The Bertz CT molecular complexity index is 979. The molecule has 0 radical (unpaired) electrons. The van der Waals surface area contributed by atoms with Gasteiger partial charge in [-0.3, -0.25) is 15.0 Å². The Labute approximate surface area is 165 Å². The minimum Gasteiger partial charge on any atom is -0.315 e. The Kier molecular flexibility index (Phi) is 5.20. The summed E-state index contributed by atoms with van der Waals surface area (Å²) in [6.45, 7) is 4.73. The molecule has 140 valence electrons. The molecule has 1 fully saturated rings. The van der Waals surface area contributed by atoms with Gasteiger partial charge < -0.3 is 9.72 Å². The largest absolute Gasteiger partial charge is 0.315 e. The molecule has 1 saturated heterocycles. The quantitative estimate of drug-likeness (QED) is 0.507. The molecule has 0 bridgehead atoms. The monoisotopic (exact) mass is 429 g/mol. The number of nitro benzene ring substituents is 1. The van der Waals surface area contributed by atoms with Gasteiger partial charge in [0.1, 0.15) is 0 Å². The summed E-state index contributed by atoms with van der Waals surface area (Å²) in [4.78, 5) is 18.1. The van der Waals surface area contributed by atoms with Crippen molar-refractivity contribution in [3.63, 3.8) is 0 Å². The molecule has 4 rings (SSSR count). The number of benzene rings is 1. The number of hydrogen-bond acceptors (Lipinski definition) is 5. The van der Waals surface area contributed by atoms with Crippen LogP contribution in [0.3, 0.4) is 0 Å². The van der Waals surface area contributed by atoms with Crippen LogP contribution in [0.2, 0.25) is 0 Å². The molecule has 0 saturated carbocycles. The lowest BCUT2D eigenvalue weighted by Crippen LogP contribution is -2.28. The van der Waals surface area contributed by atoms with Crippen LogP contribution in [0, 0.1) is 10.1 Å². The van der Waals surface area contributed by atoms with Crippen molar-refractivity contribution in [3.05, 3.63) is 62.9 Å². The first kappa shape index (κ1) is 18.1. The number of hydrogen-bond donors (Lipinski definition) is 1. The number of halogens is 1. The number of aromatic nitrogens is 2. The van der Waals surface area contributed by atoms with Gasteiger partial charge in [0.2, 0.25) is 0 Å². The fourth-order valence-electron chi connectivity index (χ4n) is 3.50. The number of pyridine rings is 1. The zero-order valence-corrected chi connectivity index (χ0v) is 16.4. The van der Waals surface area contributed by atoms with Crippen LogP contribution < -0.4 is 5.32 Å². The van der Waals surface area contributed by atoms with Gasteiger partial charge in [0.15, 0.2) is 5.65 Å². The van der Waals surface area contributed by atoms with Gasteiger partial charge in [-0.05, 0) is 47.6 Å². The molecule has 7 nitrogen and oxygen atoms in total. The summed E-state index contributed by atoms with van der Waals surface area (Å²) < 4.78 is 2.98. The Balaban J connectivity index is 1.82. The fraction of sp³-hybridized carbons (Fsp3) is 0.316. The van der Waals surface area contributed by atoms with E-state index in [0.29, 0.717) is 0 Å². The number of imidazole rings is 1. The van der Waals surface area contributed by atoms with Crippen molar-refractivity contribution in [1.82, 2.24) is 19.6 Å². The van der Waals surface area contributed by atoms with Gasteiger partial charge in [-0.25, -0.2) is 4.98 Å². The number of rotatable bonds is 4. The molecule has 1 aromatic carbocycles. The van der Waals surface area contributed by atoms with Crippen molar-refractivity contribution < 1.29 is 4.92 Å². The highest BCUT2D eigenvalue weighted by Gasteiger charge is 2.20. The average Bonchev–Trinajstić information content (AvgIpc) is 2.85. The predicted molar refractivity (Wildman–Crippen MR) is 108 cm³/mol. The van der Waals surface area contributed by atoms with E-state index in [2.05, 4.69) is 30.5 Å². The molecule has 0 spiro atoms. The lowest BCUT2D eigenvalue weighted by atomic mass is 10.1. The highest BCUT2D eigenvalue weighted by molar-refractivity contribution is 9.10. The Hall–Kier alpha value is -2.29. The maximum absolute atomic E-state index is 11.2. The third-order valence-corrected chi connectivity index (χ3v) is 5.46. The molecule has 2 aromatic heterocycles. The maximum atomic E-state index is 11.2. The number of nitrogens with one attached hydrogen (secondary N) is 1. The minimum absolute atomic E-state index is 0.0774. The first-order chi connectivity index (χ1) is 13.1. The van der Waals surface area contributed by atoms with Gasteiger partial charge in [0, 0.05) is 43.5 Å². The predicted octanol–water partition coefficient (Wildman–Crippen LogP) is 3.47. The smallest absolute Gasteiger partial charge is 0.270 e. The second kappa shape index (κ2) is 7.75. The second-order valence-electron chi connectivity index (χ2n) is 6.64. The van der Waals surface area contributed by atoms with E-state index < -0.39 is 0 Å². The van der Waals surface area contributed by atoms with Crippen LogP contribution in [0.1, 0.15) is 12.1 Å². The SMILES string of the molecule is O=[N+]([O-])c1cccc(-c2nc3c(Br)cccn3c2CN2CCCNCC2)c1. The molecule has 8 heteroatoms. The highest BCUT2D eigenvalue weighted by Crippen LogP contribution is 2.30. The summed E-state index contributed by atoms with van der Waals surface area (Å²) >= 11 is 3.58. The zero-order chi connectivity index (χ0) is 18.8. The highest BCUT2D eigenvalue weighted by atomic mass is 79.9. The van der Waals surface area contributed by atoms with Gasteiger partial charge in [0.05, 0.1) is 20.8 Å². The van der Waals surface area contributed by atoms with E-state index in [4.69, 9.17) is 4.98 Å². The van der Waals surface area contributed by atoms with Gasteiger partial charge in [0.25, 0.3) is 5.69 Å². The van der Waals surface area contributed by atoms with E-state index in [1.54, 1.807) is 12.1 Å². The van der Waals surface area contributed by atoms with E-state index in [0.717, 1.165) is 66.2 Å². The Morgan fingerprint density at radius 3 is 2.96 bits per heavy atom. The van der Waals surface area contributed by atoms with Crippen molar-refractivity contribution in [2.45, 2.75) is 13.0 Å². The lowest BCUT2D eigenvalue weighted by Gasteiger charge is -2.20. The molecule has 0 unspecified atom stereocenters. The molecule has 3 heterocycles. The van der Waals surface area contributed by atoms with Gasteiger partial charge >= 0.3 is 0 Å². The van der Waals surface area contributed by atoms with Crippen molar-refractivity contribution in [1.29, 1.82) is 0 Å². The van der Waals surface area contributed by atoms with Gasteiger partial charge in [-0.15, -0.1) is 0 Å². The summed E-state index contributed by atoms with van der Waals surface area (Å²) in [5, 5.41) is 14.6. The molecule has 0 amide bonds. The minimum atomic E-state index is -0.366. The zero-order valence-electron chi connectivity index (χ0n) is 14.8. The second-order valence-corrected chi connectivity index (χ2v) is 7.50. The topological polar surface area (TPSA) is 75.7 Å². The molecule has 1 aliphatic heterocycles. The number of fused-ring (bicyclic) bond motifs is 1. The summed E-state index contributed by atoms with van der Waals surface area (Å²) in [5.41, 5.74) is 3.51. The molecule has 0 aliphatic carbocycles. The van der Waals surface area contributed by atoms with Crippen molar-refractivity contribution >= 4 is 27.3 Å². The molecule has 27 heavy (non-hydrogen) atoms. The standard InChI is InChI=1S/C19H20BrN5O2/c20-16-6-2-10-24-17(13-23-9-3-7-21-8-11-23)18(22-19(16)24)14-4-1-5-15(12-14)25(26)27/h1-2,4-6,10,12,21H,3,7-9,11,13H2. The Morgan fingerprint density at radius 2 is 2.11 bits per heavy atom. The van der Waals surface area contributed by atoms with Crippen LogP contribution in [0.5, 0.6) is 0 Å². The third-order valence-electron chi connectivity index (χ3n) is 4.84. The van der Waals surface area contributed by atoms with E-state index in [9.17, 15) is 10.1 Å². The Morgan fingerprint density at radius 1 is 1.22 bits per heavy atom. The van der Waals surface area contributed by atoms with Gasteiger partial charge in [-0.2, -0.15) is 0 Å². The summed E-state index contributed by atoms with van der Waals surface area (Å²) in [6, 6.07) is 10.6. The molecule has 3 aromatic rings. The molecular formula is C19H20BrN5O2. The average molecular weight is 430 g/mol. The van der Waals surface area contributed by atoms with E-state index in [-0.39, 0.29) is 10.6 Å². The normalized spacial score (nSPS) is 15.7. The summed E-state index contributed by atoms with van der Waals surface area (Å²) in [6.07, 6.45) is 3.10. The number of nitrogens with zero attached hydrogens (tertiary/aromatic N) is 4. The lowest BCUT2D eigenvalue weighted by molar-refractivity contribution is -0.384. The van der Waals surface area contributed by atoms with E-state index in [1.165, 1.54) is 6.07 Å². The van der Waals surface area contributed by atoms with Crippen LogP contribution in [0.4, 0.5) is 5.69 Å². The fourth-order valence-corrected chi connectivity index (χ4v) is 3.94.